The Labute approximate surface area is 168 Å². The van der Waals surface area contributed by atoms with Gasteiger partial charge in [0.15, 0.2) is 0 Å². The molecule has 0 unspecified atom stereocenters. The van der Waals surface area contributed by atoms with Crippen molar-refractivity contribution in [1.82, 2.24) is 9.38 Å². The van der Waals surface area contributed by atoms with Crippen molar-refractivity contribution in [2.45, 2.75) is 6.92 Å². The van der Waals surface area contributed by atoms with Gasteiger partial charge in [-0.05, 0) is 48.9 Å². The minimum absolute atomic E-state index is 0.274. The van der Waals surface area contributed by atoms with Crippen LogP contribution in [0.1, 0.15) is 15.9 Å². The Hall–Kier alpha value is -3.80. The number of amides is 1. The van der Waals surface area contributed by atoms with Gasteiger partial charge in [0.25, 0.3) is 5.91 Å². The Morgan fingerprint density at radius 1 is 1.00 bits per heavy atom. The predicted molar refractivity (Wildman–Crippen MR) is 113 cm³/mol. The van der Waals surface area contributed by atoms with Crippen LogP contribution in [0, 0.1) is 6.92 Å². The minimum atomic E-state index is -0.274. The van der Waals surface area contributed by atoms with Gasteiger partial charge in [0.1, 0.15) is 17.1 Å². The molecular formula is C23H21N3O3. The number of pyridine rings is 1. The number of hydrogen-bond donors (Lipinski definition) is 1. The van der Waals surface area contributed by atoms with Gasteiger partial charge in [-0.2, -0.15) is 0 Å². The third-order valence-corrected chi connectivity index (χ3v) is 4.77. The van der Waals surface area contributed by atoms with Gasteiger partial charge in [-0.15, -0.1) is 0 Å². The molecular weight excluding hydrogens is 366 g/mol. The number of carbonyl (C=O) groups is 1. The van der Waals surface area contributed by atoms with E-state index in [1.165, 1.54) is 0 Å². The van der Waals surface area contributed by atoms with Crippen molar-refractivity contribution in [3.63, 3.8) is 0 Å². The van der Waals surface area contributed by atoms with Gasteiger partial charge in [-0.3, -0.25) is 4.79 Å². The molecule has 0 atom stereocenters. The number of nitrogens with zero attached hydrogens (tertiary/aromatic N) is 2. The fourth-order valence-corrected chi connectivity index (χ4v) is 3.28. The third-order valence-electron chi connectivity index (χ3n) is 4.77. The molecule has 0 spiro atoms. The van der Waals surface area contributed by atoms with E-state index in [-0.39, 0.29) is 5.91 Å². The van der Waals surface area contributed by atoms with Gasteiger partial charge in [0.05, 0.1) is 31.2 Å². The van der Waals surface area contributed by atoms with Gasteiger partial charge in [-0.1, -0.05) is 18.2 Å². The number of nitrogens with one attached hydrogen (secondary N) is 1. The monoisotopic (exact) mass is 387 g/mol. The molecule has 2 heterocycles. The second kappa shape index (κ2) is 7.67. The quantitative estimate of drug-likeness (QED) is 0.544. The number of aromatic nitrogens is 2. The average molecular weight is 387 g/mol. The number of fused-ring (bicyclic) bond motifs is 1. The number of rotatable bonds is 5. The van der Waals surface area contributed by atoms with E-state index < -0.39 is 0 Å². The van der Waals surface area contributed by atoms with Gasteiger partial charge < -0.3 is 19.2 Å². The number of para-hydroxylation sites is 1. The molecule has 0 saturated carbocycles. The summed E-state index contributed by atoms with van der Waals surface area (Å²) in [5.41, 5.74) is 4.70. The molecule has 2 aromatic heterocycles. The summed E-state index contributed by atoms with van der Waals surface area (Å²) in [4.78, 5) is 17.6. The van der Waals surface area contributed by atoms with Crippen molar-refractivity contribution in [3.05, 3.63) is 78.1 Å². The van der Waals surface area contributed by atoms with Crippen molar-refractivity contribution in [3.8, 4) is 22.8 Å². The minimum Gasteiger partial charge on any atom is -0.496 e. The first kappa shape index (κ1) is 18.6. The summed E-state index contributed by atoms with van der Waals surface area (Å²) in [6.45, 7) is 2.03. The number of methoxy groups -OCH3 is 2. The maximum atomic E-state index is 12.8. The summed E-state index contributed by atoms with van der Waals surface area (Å²) in [6, 6.07) is 16.7. The number of anilines is 1. The second-order valence-corrected chi connectivity index (χ2v) is 6.62. The van der Waals surface area contributed by atoms with Gasteiger partial charge in [0, 0.05) is 18.0 Å². The largest absolute Gasteiger partial charge is 0.496 e. The van der Waals surface area contributed by atoms with Crippen LogP contribution in [-0.4, -0.2) is 29.5 Å². The predicted octanol–water partition coefficient (Wildman–Crippen LogP) is 4.58. The lowest BCUT2D eigenvalue weighted by atomic mass is 10.1. The molecule has 0 aliphatic heterocycles. The summed E-state index contributed by atoms with van der Waals surface area (Å²) in [5.74, 6) is 0.802. The molecule has 0 radical (unpaired) electrons. The molecule has 0 aliphatic carbocycles. The fourth-order valence-electron chi connectivity index (χ4n) is 3.28. The molecule has 1 amide bonds. The first-order valence-corrected chi connectivity index (χ1v) is 9.18. The smallest absolute Gasteiger partial charge is 0.259 e. The number of imidazole rings is 1. The normalized spacial score (nSPS) is 10.7. The van der Waals surface area contributed by atoms with Crippen LogP contribution >= 0.6 is 0 Å². The zero-order chi connectivity index (χ0) is 20.4. The highest BCUT2D eigenvalue weighted by atomic mass is 16.5. The number of aryl methyl sites for hydroxylation is 1. The van der Waals surface area contributed by atoms with Crippen LogP contribution < -0.4 is 14.8 Å². The Morgan fingerprint density at radius 2 is 1.79 bits per heavy atom. The van der Waals surface area contributed by atoms with E-state index in [0.29, 0.717) is 22.7 Å². The average Bonchev–Trinajstić information content (AvgIpc) is 3.19. The fraction of sp³-hybridized carbons (Fsp3) is 0.130. The standard InChI is InChI=1S/C23H21N3O3/c1-15-7-6-12-26-14-19(24-22(15)26)16-10-11-21(29-3)18(13-16)25-23(27)17-8-4-5-9-20(17)28-2/h4-14H,1-3H3,(H,25,27). The lowest BCUT2D eigenvalue weighted by Crippen LogP contribution is -2.13. The van der Waals surface area contributed by atoms with Crippen molar-refractivity contribution in [2.75, 3.05) is 19.5 Å². The summed E-state index contributed by atoms with van der Waals surface area (Å²) < 4.78 is 12.7. The van der Waals surface area contributed by atoms with E-state index in [0.717, 1.165) is 22.5 Å². The molecule has 0 aliphatic rings. The van der Waals surface area contributed by atoms with Gasteiger partial charge in [-0.25, -0.2) is 4.98 Å². The molecule has 6 heteroatoms. The summed E-state index contributed by atoms with van der Waals surface area (Å²) in [7, 11) is 3.11. The van der Waals surface area contributed by atoms with E-state index in [2.05, 4.69) is 5.32 Å². The van der Waals surface area contributed by atoms with Crippen LogP contribution in [0.25, 0.3) is 16.9 Å². The molecule has 4 rings (SSSR count). The first-order valence-electron chi connectivity index (χ1n) is 9.18. The molecule has 2 aromatic carbocycles. The summed E-state index contributed by atoms with van der Waals surface area (Å²) in [6.07, 6.45) is 3.93. The first-order chi connectivity index (χ1) is 14.1. The second-order valence-electron chi connectivity index (χ2n) is 6.62. The van der Waals surface area contributed by atoms with E-state index in [1.807, 2.05) is 60.1 Å². The van der Waals surface area contributed by atoms with Crippen molar-refractivity contribution >= 4 is 17.2 Å². The van der Waals surface area contributed by atoms with E-state index in [1.54, 1.807) is 32.4 Å². The molecule has 6 nitrogen and oxygen atoms in total. The molecule has 0 saturated heterocycles. The molecule has 0 fully saturated rings. The van der Waals surface area contributed by atoms with E-state index in [4.69, 9.17) is 14.5 Å². The molecule has 1 N–H and O–H groups in total. The summed E-state index contributed by atoms with van der Waals surface area (Å²) >= 11 is 0. The Bertz CT molecular complexity index is 1200. The van der Waals surface area contributed by atoms with Crippen LogP contribution in [0.5, 0.6) is 11.5 Å². The highest BCUT2D eigenvalue weighted by Crippen LogP contribution is 2.31. The van der Waals surface area contributed by atoms with Crippen LogP contribution in [-0.2, 0) is 0 Å². The maximum Gasteiger partial charge on any atom is 0.259 e. The van der Waals surface area contributed by atoms with Gasteiger partial charge >= 0.3 is 0 Å². The molecule has 4 aromatic rings. The molecule has 146 valence electrons. The lowest BCUT2D eigenvalue weighted by molar-refractivity contribution is 0.102. The van der Waals surface area contributed by atoms with Crippen molar-refractivity contribution in [2.24, 2.45) is 0 Å². The maximum absolute atomic E-state index is 12.8. The topological polar surface area (TPSA) is 64.9 Å². The van der Waals surface area contributed by atoms with Crippen LogP contribution in [0.15, 0.2) is 67.0 Å². The Kier molecular flexibility index (Phi) is 4.91. The van der Waals surface area contributed by atoms with Crippen molar-refractivity contribution < 1.29 is 14.3 Å². The SMILES string of the molecule is COc1ccc(-c2cn3cccc(C)c3n2)cc1NC(=O)c1ccccc1OC. The Balaban J connectivity index is 1.71. The number of carbonyl (C=O) groups excluding carboxylic acids is 1. The highest BCUT2D eigenvalue weighted by Gasteiger charge is 2.15. The van der Waals surface area contributed by atoms with Gasteiger partial charge in [0.2, 0.25) is 0 Å². The van der Waals surface area contributed by atoms with E-state index >= 15 is 0 Å². The van der Waals surface area contributed by atoms with Crippen molar-refractivity contribution in [1.29, 1.82) is 0 Å². The molecule has 0 bridgehead atoms. The third kappa shape index (κ3) is 3.52. The van der Waals surface area contributed by atoms with Crippen LogP contribution in [0.4, 0.5) is 5.69 Å². The van der Waals surface area contributed by atoms with Crippen LogP contribution in [0.3, 0.4) is 0 Å². The molecule has 29 heavy (non-hydrogen) atoms. The number of hydrogen-bond acceptors (Lipinski definition) is 4. The summed E-state index contributed by atoms with van der Waals surface area (Å²) in [5, 5.41) is 2.93. The van der Waals surface area contributed by atoms with Crippen LogP contribution in [0.2, 0.25) is 0 Å². The zero-order valence-electron chi connectivity index (χ0n) is 16.5. The Morgan fingerprint density at radius 3 is 2.55 bits per heavy atom. The zero-order valence-corrected chi connectivity index (χ0v) is 16.5. The number of benzene rings is 2. The lowest BCUT2D eigenvalue weighted by Gasteiger charge is -2.13. The number of ether oxygens (including phenoxy) is 2. The highest BCUT2D eigenvalue weighted by molar-refractivity contribution is 6.07. The van der Waals surface area contributed by atoms with E-state index in [9.17, 15) is 4.79 Å².